The van der Waals surface area contributed by atoms with Gasteiger partial charge in [0.2, 0.25) is 0 Å². The molecule has 0 amide bonds. The summed E-state index contributed by atoms with van der Waals surface area (Å²) in [6, 6.07) is 23.9. The van der Waals surface area contributed by atoms with Crippen LogP contribution in [0.1, 0.15) is 22.3 Å². The van der Waals surface area contributed by atoms with Crippen molar-refractivity contribution < 1.29 is 22.3 Å². The normalized spacial score (nSPS) is 11.5. The van der Waals surface area contributed by atoms with E-state index < -0.39 is 17.6 Å². The third-order valence-electron chi connectivity index (χ3n) is 5.98. The maximum atomic E-state index is 14.6. The lowest BCUT2D eigenvalue weighted by Crippen LogP contribution is -2.07. The second kappa shape index (κ2) is 10.2. The second-order valence-electron chi connectivity index (χ2n) is 8.57. The highest BCUT2D eigenvalue weighted by molar-refractivity contribution is 6.30. The number of fused-ring (bicyclic) bond motifs is 1. The van der Waals surface area contributed by atoms with Crippen molar-refractivity contribution >= 4 is 22.5 Å². The van der Waals surface area contributed by atoms with Gasteiger partial charge in [-0.15, -0.1) is 0 Å². The van der Waals surface area contributed by atoms with Crippen molar-refractivity contribution in [3.8, 4) is 23.1 Å². The van der Waals surface area contributed by atoms with Crippen LogP contribution in [0, 0.1) is 17.1 Å². The number of alkyl halides is 3. The van der Waals surface area contributed by atoms with Gasteiger partial charge >= 0.3 is 6.18 Å². The summed E-state index contributed by atoms with van der Waals surface area (Å²) in [5.74, 6) is -0.119. The summed E-state index contributed by atoms with van der Waals surface area (Å²) in [7, 11) is 0. The zero-order valence-corrected chi connectivity index (χ0v) is 20.4. The number of aromatic nitrogens is 2. The number of ether oxygens (including phenoxy) is 1. The maximum Gasteiger partial charge on any atom is 0.418 e. The van der Waals surface area contributed by atoms with Gasteiger partial charge in [-0.2, -0.15) is 23.5 Å². The number of halogens is 5. The molecule has 4 nitrogen and oxygen atoms in total. The van der Waals surface area contributed by atoms with Crippen LogP contribution in [-0.2, 0) is 19.3 Å². The first-order chi connectivity index (χ1) is 18.2. The zero-order valence-electron chi connectivity index (χ0n) is 19.6. The Morgan fingerprint density at radius 2 is 1.74 bits per heavy atom. The third-order valence-corrected chi connectivity index (χ3v) is 6.21. The number of hydrogen-bond acceptors (Lipinski definition) is 3. The minimum Gasteiger partial charge on any atom is -0.489 e. The van der Waals surface area contributed by atoms with E-state index in [1.54, 1.807) is 48.5 Å². The van der Waals surface area contributed by atoms with Gasteiger partial charge in [-0.05, 0) is 48.0 Å². The Balaban J connectivity index is 1.58. The van der Waals surface area contributed by atoms with Gasteiger partial charge in [-0.1, -0.05) is 54.1 Å². The number of hydrogen-bond donors (Lipinski definition) is 0. The van der Waals surface area contributed by atoms with E-state index in [-0.39, 0.29) is 34.6 Å². The van der Waals surface area contributed by atoms with Crippen LogP contribution in [0.25, 0.3) is 22.2 Å². The van der Waals surface area contributed by atoms with E-state index in [1.165, 1.54) is 22.9 Å². The van der Waals surface area contributed by atoms with Gasteiger partial charge in [0.25, 0.3) is 0 Å². The predicted octanol–water partition coefficient (Wildman–Crippen LogP) is 8.01. The standard InChI is InChI=1S/C29H18ClF4N3O/c30-22-11-10-21(26(31)14-22)16-37-28(24-8-3-9-25(27(24)36-37)29(32,33)34)20-6-2-7-23(13-20)38-17-19-5-1-4-18(12-19)15-35/h1-14H,16-17H2. The average Bonchev–Trinajstić information content (AvgIpc) is 3.26. The molecule has 1 heterocycles. The minimum atomic E-state index is -4.62. The van der Waals surface area contributed by atoms with Gasteiger partial charge in [0, 0.05) is 21.5 Å². The summed E-state index contributed by atoms with van der Waals surface area (Å²) in [4.78, 5) is 0. The average molecular weight is 536 g/mol. The summed E-state index contributed by atoms with van der Waals surface area (Å²) >= 11 is 5.87. The summed E-state index contributed by atoms with van der Waals surface area (Å²) in [6.07, 6.45) is -4.62. The Labute approximate surface area is 220 Å². The molecule has 0 unspecified atom stereocenters. The summed E-state index contributed by atoms with van der Waals surface area (Å²) in [5, 5.41) is 13.9. The van der Waals surface area contributed by atoms with E-state index in [9.17, 15) is 17.6 Å². The lowest BCUT2D eigenvalue weighted by Gasteiger charge is -2.12. The van der Waals surface area contributed by atoms with Crippen LogP contribution in [0.3, 0.4) is 0 Å². The molecule has 0 radical (unpaired) electrons. The van der Waals surface area contributed by atoms with E-state index in [4.69, 9.17) is 21.6 Å². The van der Waals surface area contributed by atoms with Gasteiger partial charge < -0.3 is 4.74 Å². The molecule has 0 N–H and O–H groups in total. The highest BCUT2D eigenvalue weighted by atomic mass is 35.5. The Kier molecular flexibility index (Phi) is 6.79. The van der Waals surface area contributed by atoms with E-state index in [0.29, 0.717) is 22.6 Å². The Morgan fingerprint density at radius 1 is 0.947 bits per heavy atom. The number of rotatable bonds is 6. The first-order valence-electron chi connectivity index (χ1n) is 11.5. The van der Waals surface area contributed by atoms with E-state index in [1.807, 2.05) is 6.07 Å². The fraction of sp³-hybridized carbons (Fsp3) is 0.103. The number of nitrogens with zero attached hydrogens (tertiary/aromatic N) is 3. The monoisotopic (exact) mass is 535 g/mol. The molecule has 1 aromatic heterocycles. The summed E-state index contributed by atoms with van der Waals surface area (Å²) in [5.41, 5.74) is 1.34. The number of nitriles is 1. The highest BCUT2D eigenvalue weighted by Crippen LogP contribution is 2.39. The van der Waals surface area contributed by atoms with Gasteiger partial charge in [-0.25, -0.2) is 4.39 Å². The molecule has 0 saturated heterocycles. The molecule has 0 aliphatic heterocycles. The molecule has 38 heavy (non-hydrogen) atoms. The molecular weight excluding hydrogens is 518 g/mol. The van der Waals surface area contributed by atoms with Crippen LogP contribution in [0.5, 0.6) is 5.75 Å². The molecule has 0 aliphatic carbocycles. The van der Waals surface area contributed by atoms with Crippen molar-refractivity contribution in [1.82, 2.24) is 9.78 Å². The molecule has 0 aliphatic rings. The zero-order chi connectivity index (χ0) is 26.9. The van der Waals surface area contributed by atoms with Crippen LogP contribution in [-0.4, -0.2) is 9.78 Å². The van der Waals surface area contributed by atoms with Crippen molar-refractivity contribution in [2.75, 3.05) is 0 Å². The molecule has 9 heteroatoms. The molecule has 0 spiro atoms. The molecule has 0 saturated carbocycles. The lowest BCUT2D eigenvalue weighted by atomic mass is 10.0. The van der Waals surface area contributed by atoms with Crippen LogP contribution >= 0.6 is 11.6 Å². The molecule has 0 bridgehead atoms. The topological polar surface area (TPSA) is 50.8 Å². The smallest absolute Gasteiger partial charge is 0.418 e. The largest absolute Gasteiger partial charge is 0.489 e. The van der Waals surface area contributed by atoms with Gasteiger partial charge in [0.1, 0.15) is 23.7 Å². The maximum absolute atomic E-state index is 14.6. The van der Waals surface area contributed by atoms with Crippen LogP contribution in [0.15, 0.2) is 84.9 Å². The first kappa shape index (κ1) is 25.3. The van der Waals surface area contributed by atoms with Crippen molar-refractivity contribution in [3.63, 3.8) is 0 Å². The molecular formula is C29H18ClF4N3O. The molecule has 5 aromatic rings. The van der Waals surface area contributed by atoms with Gasteiger partial charge in [0.15, 0.2) is 0 Å². The van der Waals surface area contributed by atoms with Gasteiger partial charge in [0.05, 0.1) is 29.4 Å². The molecule has 0 atom stereocenters. The second-order valence-corrected chi connectivity index (χ2v) is 9.01. The van der Waals surface area contributed by atoms with E-state index in [2.05, 4.69) is 11.2 Å². The third kappa shape index (κ3) is 5.20. The quantitative estimate of drug-likeness (QED) is 0.207. The lowest BCUT2D eigenvalue weighted by molar-refractivity contribution is -0.136. The Morgan fingerprint density at radius 3 is 2.50 bits per heavy atom. The molecule has 190 valence electrons. The first-order valence-corrected chi connectivity index (χ1v) is 11.8. The Bertz CT molecular complexity index is 1690. The predicted molar refractivity (Wildman–Crippen MR) is 136 cm³/mol. The molecule has 4 aromatic carbocycles. The van der Waals surface area contributed by atoms with Crippen molar-refractivity contribution in [1.29, 1.82) is 5.26 Å². The van der Waals surface area contributed by atoms with Crippen LogP contribution < -0.4 is 4.74 Å². The summed E-state index contributed by atoms with van der Waals surface area (Å²) in [6.45, 7) is 0.0730. The fourth-order valence-electron chi connectivity index (χ4n) is 4.24. The van der Waals surface area contributed by atoms with E-state index >= 15 is 0 Å². The SMILES string of the molecule is N#Cc1cccc(COc2cccc(-c3c4cccc(C(F)(F)F)c4nn3Cc3ccc(Cl)cc3F)c2)c1. The number of benzene rings is 4. The van der Waals surface area contributed by atoms with Crippen molar-refractivity contribution in [2.24, 2.45) is 0 Å². The van der Waals surface area contributed by atoms with Crippen molar-refractivity contribution in [3.05, 3.63) is 118 Å². The molecule has 5 rings (SSSR count). The minimum absolute atomic E-state index is 0.115. The van der Waals surface area contributed by atoms with Crippen LogP contribution in [0.4, 0.5) is 17.6 Å². The van der Waals surface area contributed by atoms with Crippen molar-refractivity contribution in [2.45, 2.75) is 19.3 Å². The fourth-order valence-corrected chi connectivity index (χ4v) is 4.40. The molecule has 0 fully saturated rings. The highest BCUT2D eigenvalue weighted by Gasteiger charge is 2.34. The van der Waals surface area contributed by atoms with Gasteiger partial charge in [-0.3, -0.25) is 4.68 Å². The van der Waals surface area contributed by atoms with E-state index in [0.717, 1.165) is 17.7 Å². The summed E-state index contributed by atoms with van der Waals surface area (Å²) < 4.78 is 63.3. The van der Waals surface area contributed by atoms with Crippen LogP contribution in [0.2, 0.25) is 5.02 Å². The Hall–Kier alpha value is -4.35.